The van der Waals surface area contributed by atoms with Crippen LogP contribution in [-0.4, -0.2) is 49.4 Å². The molecule has 38 heavy (non-hydrogen) atoms. The summed E-state index contributed by atoms with van der Waals surface area (Å²) in [5.41, 5.74) is 4.11. The van der Waals surface area contributed by atoms with Crippen molar-refractivity contribution in [1.82, 2.24) is 9.97 Å². The Morgan fingerprint density at radius 1 is 1.13 bits per heavy atom. The second kappa shape index (κ2) is 11.0. The lowest BCUT2D eigenvalue weighted by Crippen LogP contribution is -2.36. The average Bonchev–Trinajstić information content (AvgIpc) is 3.57. The van der Waals surface area contributed by atoms with Gasteiger partial charge in [-0.1, -0.05) is 12.1 Å². The molecule has 10 heteroatoms. The number of benzene rings is 1. The Kier molecular flexibility index (Phi) is 7.40. The van der Waals surface area contributed by atoms with E-state index in [4.69, 9.17) is 23.6 Å². The van der Waals surface area contributed by atoms with E-state index in [0.717, 1.165) is 29.2 Å². The zero-order valence-electron chi connectivity index (χ0n) is 21.3. The normalized spacial score (nSPS) is 13.3. The monoisotopic (exact) mass is 530 g/mol. The lowest BCUT2D eigenvalue weighted by atomic mass is 10.0. The van der Waals surface area contributed by atoms with Crippen molar-refractivity contribution in [2.45, 2.75) is 20.5 Å². The number of aromatic nitrogens is 2. The highest BCUT2D eigenvalue weighted by Gasteiger charge is 2.22. The third kappa shape index (κ3) is 5.25. The quantitative estimate of drug-likeness (QED) is 0.299. The van der Waals surface area contributed by atoms with E-state index < -0.39 is 5.97 Å². The predicted octanol–water partition coefficient (Wildman–Crippen LogP) is 5.16. The number of rotatable bonds is 7. The third-order valence-corrected chi connectivity index (χ3v) is 7.22. The molecule has 4 aromatic rings. The third-order valence-electron chi connectivity index (χ3n) is 6.18. The van der Waals surface area contributed by atoms with E-state index in [9.17, 15) is 10.1 Å². The summed E-state index contributed by atoms with van der Waals surface area (Å²) in [4.78, 5) is 24.5. The van der Waals surface area contributed by atoms with Crippen molar-refractivity contribution < 1.29 is 23.4 Å². The van der Waals surface area contributed by atoms with Crippen LogP contribution in [-0.2, 0) is 16.1 Å². The van der Waals surface area contributed by atoms with Crippen LogP contribution in [0.4, 0.5) is 5.69 Å². The van der Waals surface area contributed by atoms with E-state index in [1.165, 1.54) is 18.4 Å². The fourth-order valence-corrected chi connectivity index (χ4v) is 5.15. The molecule has 0 amide bonds. The second-order valence-electron chi connectivity index (χ2n) is 8.69. The Morgan fingerprint density at radius 2 is 1.89 bits per heavy atom. The highest BCUT2D eigenvalue weighted by atomic mass is 32.1. The van der Waals surface area contributed by atoms with Crippen molar-refractivity contribution in [3.8, 4) is 34.5 Å². The minimum Gasteiger partial charge on any atom is -0.471 e. The Balaban J connectivity index is 1.52. The number of oxazole rings is 1. The number of thiophene rings is 1. The smallest absolute Gasteiger partial charge is 0.348 e. The fourth-order valence-electron chi connectivity index (χ4n) is 4.31. The average molecular weight is 531 g/mol. The fraction of sp³-hybridized carbons (Fsp3) is 0.286. The number of methoxy groups -OCH3 is 1. The minimum atomic E-state index is -0.405. The Morgan fingerprint density at radius 3 is 2.55 bits per heavy atom. The molecule has 0 unspecified atom stereocenters. The molecule has 0 saturated carbocycles. The first-order chi connectivity index (χ1) is 18.5. The molecule has 0 atom stereocenters. The summed E-state index contributed by atoms with van der Waals surface area (Å²) in [6.45, 7) is 6.86. The molecule has 1 fully saturated rings. The van der Waals surface area contributed by atoms with Crippen molar-refractivity contribution in [2.75, 3.05) is 38.3 Å². The van der Waals surface area contributed by atoms with Crippen molar-refractivity contribution in [3.05, 3.63) is 69.4 Å². The number of carbonyl (C=O) groups is 1. The summed E-state index contributed by atoms with van der Waals surface area (Å²) < 4.78 is 22.2. The van der Waals surface area contributed by atoms with Gasteiger partial charge in [-0.25, -0.2) is 14.8 Å². The highest BCUT2D eigenvalue weighted by Crippen LogP contribution is 2.36. The molecular formula is C28H26N4O5S. The Bertz CT molecular complexity index is 1500. The molecule has 0 aliphatic carbocycles. The zero-order chi connectivity index (χ0) is 26.6. The SMILES string of the molecule is COC(=O)c1ccc(COc2nc(-c3ccc(N4CCOCC4)cc3)cc(-c3oc(C)nc3C)c2C#N)s1. The summed E-state index contributed by atoms with van der Waals surface area (Å²) in [5.74, 6) is 0.782. The van der Waals surface area contributed by atoms with Crippen LogP contribution in [0.25, 0.3) is 22.6 Å². The number of nitrogens with zero attached hydrogens (tertiary/aromatic N) is 4. The number of morpholine rings is 1. The van der Waals surface area contributed by atoms with Crippen LogP contribution >= 0.6 is 11.3 Å². The second-order valence-corrected chi connectivity index (χ2v) is 9.86. The molecule has 4 heterocycles. The topological polar surface area (TPSA) is 111 Å². The summed E-state index contributed by atoms with van der Waals surface area (Å²) in [7, 11) is 1.34. The minimum absolute atomic E-state index is 0.136. The standard InChI is InChI=1S/C28H26N4O5S/c1-17-26(37-18(2)30-17)22-14-24(19-4-6-20(7-5-19)32-10-12-35-13-11-32)31-27(23(22)15-29)36-16-21-8-9-25(38-21)28(33)34-3/h4-9,14H,10-13,16H2,1-3H3. The Labute approximate surface area is 224 Å². The molecular weight excluding hydrogens is 504 g/mol. The van der Waals surface area contributed by atoms with Crippen molar-refractivity contribution in [1.29, 1.82) is 5.26 Å². The van der Waals surface area contributed by atoms with Crippen LogP contribution < -0.4 is 9.64 Å². The molecule has 0 radical (unpaired) electrons. The molecule has 9 nitrogen and oxygen atoms in total. The number of anilines is 1. The van der Waals surface area contributed by atoms with Crippen LogP contribution in [0, 0.1) is 25.2 Å². The molecule has 0 bridgehead atoms. The number of hydrogen-bond acceptors (Lipinski definition) is 10. The maximum absolute atomic E-state index is 11.8. The number of nitriles is 1. The number of hydrogen-bond donors (Lipinski definition) is 0. The van der Waals surface area contributed by atoms with Gasteiger partial charge in [0.1, 0.15) is 23.1 Å². The number of esters is 1. The molecule has 0 spiro atoms. The first-order valence-electron chi connectivity index (χ1n) is 12.1. The van der Waals surface area contributed by atoms with Crippen molar-refractivity contribution in [3.63, 3.8) is 0 Å². The first kappa shape index (κ1) is 25.4. The molecule has 1 aromatic carbocycles. The summed E-state index contributed by atoms with van der Waals surface area (Å²) in [5, 5.41) is 10.1. The van der Waals surface area contributed by atoms with Crippen LogP contribution in [0.1, 0.15) is 31.7 Å². The van der Waals surface area contributed by atoms with Gasteiger partial charge in [-0.05, 0) is 37.3 Å². The maximum atomic E-state index is 11.8. The van der Waals surface area contributed by atoms with Gasteiger partial charge in [0.25, 0.3) is 0 Å². The predicted molar refractivity (Wildman–Crippen MR) is 142 cm³/mol. The van der Waals surface area contributed by atoms with Crippen molar-refractivity contribution >= 4 is 23.0 Å². The number of pyridine rings is 1. The van der Waals surface area contributed by atoms with E-state index in [1.807, 2.05) is 25.1 Å². The molecule has 1 aliphatic rings. The van der Waals surface area contributed by atoms with Gasteiger partial charge in [0, 0.05) is 41.7 Å². The molecule has 1 saturated heterocycles. The van der Waals surface area contributed by atoms with Gasteiger partial charge in [-0.15, -0.1) is 11.3 Å². The molecule has 1 aliphatic heterocycles. The van der Waals surface area contributed by atoms with Gasteiger partial charge in [0.15, 0.2) is 11.7 Å². The molecule has 3 aromatic heterocycles. The summed E-state index contributed by atoms with van der Waals surface area (Å²) in [6.07, 6.45) is 0. The van der Waals surface area contributed by atoms with Gasteiger partial charge >= 0.3 is 5.97 Å². The highest BCUT2D eigenvalue weighted by molar-refractivity contribution is 7.13. The molecule has 5 rings (SSSR count). The largest absolute Gasteiger partial charge is 0.471 e. The molecule has 0 N–H and O–H groups in total. The van der Waals surface area contributed by atoms with Gasteiger partial charge in [-0.2, -0.15) is 5.26 Å². The van der Waals surface area contributed by atoms with Crippen molar-refractivity contribution in [2.24, 2.45) is 0 Å². The Hall–Kier alpha value is -4.20. The lowest BCUT2D eigenvalue weighted by Gasteiger charge is -2.28. The van der Waals surface area contributed by atoms with E-state index in [0.29, 0.717) is 46.7 Å². The van der Waals surface area contributed by atoms with E-state index in [2.05, 4.69) is 28.1 Å². The van der Waals surface area contributed by atoms with Gasteiger partial charge in [-0.3, -0.25) is 0 Å². The van der Waals surface area contributed by atoms with Gasteiger partial charge in [0.05, 0.1) is 31.7 Å². The van der Waals surface area contributed by atoms with Gasteiger partial charge in [0.2, 0.25) is 5.88 Å². The van der Waals surface area contributed by atoms with Crippen LogP contribution in [0.15, 0.2) is 46.9 Å². The number of carbonyl (C=O) groups excluding carboxylic acids is 1. The lowest BCUT2D eigenvalue weighted by molar-refractivity contribution is 0.0606. The van der Waals surface area contributed by atoms with Crippen LogP contribution in [0.3, 0.4) is 0 Å². The van der Waals surface area contributed by atoms with E-state index in [1.54, 1.807) is 19.1 Å². The zero-order valence-corrected chi connectivity index (χ0v) is 22.1. The summed E-state index contributed by atoms with van der Waals surface area (Å²) in [6, 6.07) is 15.7. The number of ether oxygens (including phenoxy) is 3. The maximum Gasteiger partial charge on any atom is 0.348 e. The van der Waals surface area contributed by atoms with Crippen LogP contribution in [0.5, 0.6) is 5.88 Å². The van der Waals surface area contributed by atoms with Gasteiger partial charge < -0.3 is 23.5 Å². The summed E-state index contributed by atoms with van der Waals surface area (Å²) >= 11 is 1.27. The first-order valence-corrected chi connectivity index (χ1v) is 12.9. The van der Waals surface area contributed by atoms with E-state index >= 15 is 0 Å². The van der Waals surface area contributed by atoms with Crippen LogP contribution in [0.2, 0.25) is 0 Å². The molecule has 194 valence electrons. The number of aryl methyl sites for hydroxylation is 2. The van der Waals surface area contributed by atoms with E-state index in [-0.39, 0.29) is 18.1 Å².